The van der Waals surface area contributed by atoms with E-state index in [-0.39, 0.29) is 11.8 Å². The zero-order valence-electron chi connectivity index (χ0n) is 18.8. The van der Waals surface area contributed by atoms with Crippen molar-refractivity contribution < 1.29 is 9.59 Å². The lowest BCUT2D eigenvalue weighted by Gasteiger charge is -2.33. The van der Waals surface area contributed by atoms with E-state index in [9.17, 15) is 9.59 Å². The molecule has 2 aliphatic rings. The van der Waals surface area contributed by atoms with Gasteiger partial charge in [0.2, 0.25) is 5.91 Å². The molecule has 32 heavy (non-hydrogen) atoms. The van der Waals surface area contributed by atoms with Crippen molar-refractivity contribution in [3.8, 4) is 0 Å². The number of nitrogens with zero attached hydrogens (tertiary/aromatic N) is 3. The Bertz CT molecular complexity index is 1220. The fraction of sp³-hybridized carbons (Fsp3) is 0.333. The molecule has 5 rings (SSSR count). The van der Waals surface area contributed by atoms with E-state index in [1.54, 1.807) is 0 Å². The van der Waals surface area contributed by atoms with Gasteiger partial charge in [-0.05, 0) is 51.3 Å². The van der Waals surface area contributed by atoms with Gasteiger partial charge in [-0.3, -0.25) is 9.59 Å². The molecule has 164 valence electrons. The first-order valence-electron chi connectivity index (χ1n) is 11.6. The number of likely N-dealkylation sites (N-methyl/N-ethyl adjacent to an activating group) is 1. The van der Waals surface area contributed by atoms with Gasteiger partial charge in [0.1, 0.15) is 6.54 Å². The Kier molecular flexibility index (Phi) is 5.33. The molecule has 2 aromatic carbocycles. The molecule has 0 spiro atoms. The second-order valence-corrected chi connectivity index (χ2v) is 8.79. The first-order chi connectivity index (χ1) is 15.6. The van der Waals surface area contributed by atoms with Crippen LogP contribution in [0.15, 0.2) is 54.7 Å². The molecule has 2 amide bonds. The highest BCUT2D eigenvalue weighted by atomic mass is 16.2. The van der Waals surface area contributed by atoms with E-state index in [2.05, 4.69) is 13.0 Å². The quantitative estimate of drug-likeness (QED) is 0.553. The Hall–Kier alpha value is -3.34. The fourth-order valence-corrected chi connectivity index (χ4v) is 5.14. The van der Waals surface area contributed by atoms with Crippen LogP contribution in [0.4, 0.5) is 5.69 Å². The number of anilines is 1. The predicted octanol–water partition coefficient (Wildman–Crippen LogP) is 4.95. The number of hydrogen-bond acceptors (Lipinski definition) is 2. The summed E-state index contributed by atoms with van der Waals surface area (Å²) < 4.78 is 2.04. The van der Waals surface area contributed by atoms with Crippen molar-refractivity contribution in [3.05, 3.63) is 65.9 Å². The first kappa shape index (κ1) is 20.6. The summed E-state index contributed by atoms with van der Waals surface area (Å²) in [4.78, 5) is 30.1. The van der Waals surface area contributed by atoms with Gasteiger partial charge in [0.25, 0.3) is 5.91 Å². The van der Waals surface area contributed by atoms with Gasteiger partial charge in [0.05, 0.1) is 5.69 Å². The van der Waals surface area contributed by atoms with E-state index in [1.165, 1.54) is 6.42 Å². The van der Waals surface area contributed by atoms with Crippen LogP contribution in [-0.4, -0.2) is 40.4 Å². The number of para-hydroxylation sites is 2. The zero-order valence-corrected chi connectivity index (χ0v) is 18.8. The first-order valence-corrected chi connectivity index (χ1v) is 11.6. The van der Waals surface area contributed by atoms with Crippen molar-refractivity contribution in [1.29, 1.82) is 0 Å². The number of benzene rings is 2. The molecule has 1 aromatic heterocycles. The van der Waals surface area contributed by atoms with Crippen LogP contribution < -0.4 is 4.90 Å². The van der Waals surface area contributed by atoms with Crippen LogP contribution in [0.3, 0.4) is 0 Å². The number of piperidine rings is 1. The number of rotatable bonds is 4. The van der Waals surface area contributed by atoms with E-state index in [4.69, 9.17) is 0 Å². The van der Waals surface area contributed by atoms with Gasteiger partial charge in [-0.15, -0.1) is 0 Å². The maximum Gasteiger partial charge on any atom is 0.258 e. The van der Waals surface area contributed by atoms with Crippen LogP contribution in [0.5, 0.6) is 0 Å². The van der Waals surface area contributed by atoms with E-state index in [1.807, 2.05) is 76.0 Å². The number of carbonyl (C=O) groups excluding carboxylic acids is 2. The van der Waals surface area contributed by atoms with Gasteiger partial charge in [-0.25, -0.2) is 0 Å². The standard InChI is InChI=1S/C27H29N3O2/c1-3-29-25-14-7-5-12-22(25)23(27(29)32)16-20-17-28(24-13-6-4-11-21(20)24)18-26(31)30-15-9-8-10-19(30)2/h4-7,11-14,16-17,19H,3,8-10,15,18H2,1-2H3/b23-16+/t19-/m0/s1. The van der Waals surface area contributed by atoms with Crippen molar-refractivity contribution in [2.75, 3.05) is 18.0 Å². The largest absolute Gasteiger partial charge is 0.338 e. The molecule has 1 saturated heterocycles. The van der Waals surface area contributed by atoms with Crippen molar-refractivity contribution in [1.82, 2.24) is 9.47 Å². The van der Waals surface area contributed by atoms with Crippen LogP contribution in [0.1, 0.15) is 44.2 Å². The van der Waals surface area contributed by atoms with Crippen LogP contribution in [0, 0.1) is 0 Å². The lowest BCUT2D eigenvalue weighted by molar-refractivity contribution is -0.135. The number of aromatic nitrogens is 1. The zero-order chi connectivity index (χ0) is 22.2. The van der Waals surface area contributed by atoms with E-state index in [0.717, 1.165) is 47.1 Å². The Morgan fingerprint density at radius 3 is 2.69 bits per heavy atom. The van der Waals surface area contributed by atoms with Crippen molar-refractivity contribution in [2.24, 2.45) is 0 Å². The van der Waals surface area contributed by atoms with Gasteiger partial charge in [0, 0.05) is 52.9 Å². The molecule has 0 aliphatic carbocycles. The molecular formula is C27H29N3O2. The Balaban J connectivity index is 1.54. The Morgan fingerprint density at radius 1 is 1.09 bits per heavy atom. The highest BCUT2D eigenvalue weighted by Gasteiger charge is 2.31. The minimum Gasteiger partial charge on any atom is -0.338 e. The smallest absolute Gasteiger partial charge is 0.258 e. The maximum absolute atomic E-state index is 13.2. The van der Waals surface area contributed by atoms with Crippen LogP contribution in [-0.2, 0) is 16.1 Å². The minimum absolute atomic E-state index is 0.0312. The normalized spacial score (nSPS) is 19.8. The summed E-state index contributed by atoms with van der Waals surface area (Å²) in [6, 6.07) is 16.4. The average Bonchev–Trinajstić information content (AvgIpc) is 3.29. The van der Waals surface area contributed by atoms with Crippen molar-refractivity contribution in [2.45, 2.75) is 45.7 Å². The molecule has 0 bridgehead atoms. The lowest BCUT2D eigenvalue weighted by Crippen LogP contribution is -2.43. The van der Waals surface area contributed by atoms with E-state index in [0.29, 0.717) is 24.7 Å². The summed E-state index contributed by atoms with van der Waals surface area (Å²) in [7, 11) is 0. The number of fused-ring (bicyclic) bond motifs is 2. The minimum atomic E-state index is 0.0312. The average molecular weight is 428 g/mol. The van der Waals surface area contributed by atoms with Crippen LogP contribution >= 0.6 is 0 Å². The molecule has 0 radical (unpaired) electrons. The molecule has 0 saturated carbocycles. The molecule has 1 fully saturated rings. The summed E-state index contributed by atoms with van der Waals surface area (Å²) >= 11 is 0. The van der Waals surface area contributed by atoms with Gasteiger partial charge >= 0.3 is 0 Å². The second kappa shape index (κ2) is 8.30. The van der Waals surface area contributed by atoms with Crippen molar-refractivity contribution in [3.63, 3.8) is 0 Å². The molecule has 0 N–H and O–H groups in total. The second-order valence-electron chi connectivity index (χ2n) is 8.79. The summed E-state index contributed by atoms with van der Waals surface area (Å²) in [5, 5.41) is 1.06. The van der Waals surface area contributed by atoms with Gasteiger partial charge in [-0.2, -0.15) is 0 Å². The lowest BCUT2D eigenvalue weighted by atomic mass is 10.0. The highest BCUT2D eigenvalue weighted by Crippen LogP contribution is 2.38. The predicted molar refractivity (Wildman–Crippen MR) is 129 cm³/mol. The highest BCUT2D eigenvalue weighted by molar-refractivity contribution is 6.36. The molecule has 2 aliphatic heterocycles. The topological polar surface area (TPSA) is 45.6 Å². The third kappa shape index (κ3) is 3.42. The summed E-state index contributed by atoms with van der Waals surface area (Å²) in [6.07, 6.45) is 7.36. The van der Waals surface area contributed by atoms with Crippen LogP contribution in [0.2, 0.25) is 0 Å². The van der Waals surface area contributed by atoms with Gasteiger partial charge < -0.3 is 14.4 Å². The summed E-state index contributed by atoms with van der Waals surface area (Å²) in [5.41, 5.74) is 4.62. The Morgan fingerprint density at radius 2 is 1.88 bits per heavy atom. The molecule has 3 heterocycles. The Labute approximate surface area is 188 Å². The molecular weight excluding hydrogens is 398 g/mol. The SMILES string of the molecule is CCN1C(=O)/C(=C/c2cn(CC(=O)N3CCCC[C@@H]3C)c3ccccc23)c2ccccc21. The van der Waals surface area contributed by atoms with Crippen LogP contribution in [0.25, 0.3) is 22.6 Å². The van der Waals surface area contributed by atoms with Gasteiger partial charge in [0.15, 0.2) is 0 Å². The molecule has 3 aromatic rings. The number of hydrogen-bond donors (Lipinski definition) is 0. The summed E-state index contributed by atoms with van der Waals surface area (Å²) in [6.45, 7) is 5.94. The third-order valence-corrected chi connectivity index (χ3v) is 6.82. The van der Waals surface area contributed by atoms with Crippen molar-refractivity contribution >= 4 is 40.1 Å². The number of carbonyl (C=O) groups is 2. The molecule has 0 unspecified atom stereocenters. The number of likely N-dealkylation sites (tertiary alicyclic amines) is 1. The molecule has 1 atom stereocenters. The summed E-state index contributed by atoms with van der Waals surface area (Å²) in [5.74, 6) is 0.195. The monoisotopic (exact) mass is 427 g/mol. The maximum atomic E-state index is 13.2. The molecule has 5 nitrogen and oxygen atoms in total. The number of amides is 2. The molecule has 5 heteroatoms. The van der Waals surface area contributed by atoms with E-state index < -0.39 is 0 Å². The van der Waals surface area contributed by atoms with E-state index >= 15 is 0 Å². The third-order valence-electron chi connectivity index (χ3n) is 6.82. The fourth-order valence-electron chi connectivity index (χ4n) is 5.14. The van der Waals surface area contributed by atoms with Gasteiger partial charge in [-0.1, -0.05) is 36.4 Å².